The molecule has 0 spiro atoms. The van der Waals surface area contributed by atoms with Crippen molar-refractivity contribution in [3.63, 3.8) is 0 Å². The number of hydrogen-bond donors (Lipinski definition) is 1. The van der Waals surface area contributed by atoms with Gasteiger partial charge in [0.05, 0.1) is 15.6 Å². The molecule has 2 aromatic rings. The molecule has 0 bridgehead atoms. The van der Waals surface area contributed by atoms with Crippen LogP contribution in [-0.2, 0) is 14.3 Å². The number of aromatic nitrogens is 2. The Kier molecular flexibility index (Phi) is 6.61. The highest BCUT2D eigenvalue weighted by atomic mass is 35.5. The Bertz CT molecular complexity index is 848. The van der Waals surface area contributed by atoms with Crippen LogP contribution >= 0.6 is 11.6 Å². The molecule has 1 N–H and O–H groups in total. The maximum absolute atomic E-state index is 12.2. The van der Waals surface area contributed by atoms with Crippen LogP contribution in [0.25, 0.3) is 0 Å². The third kappa shape index (κ3) is 5.61. The van der Waals surface area contributed by atoms with Gasteiger partial charge in [0, 0.05) is 31.6 Å². The van der Waals surface area contributed by atoms with Crippen LogP contribution in [-0.4, -0.2) is 46.5 Å². The van der Waals surface area contributed by atoms with E-state index in [1.165, 1.54) is 36.4 Å². The lowest BCUT2D eigenvalue weighted by atomic mass is 10.2. The normalized spacial score (nSPS) is 11.4. The molecular formula is C16H16ClN5O5. The Hall–Kier alpha value is -3.27. The minimum absolute atomic E-state index is 0.0496. The molecule has 1 amide bonds. The summed E-state index contributed by atoms with van der Waals surface area (Å²) < 4.78 is 5.07. The second-order valence-electron chi connectivity index (χ2n) is 5.45. The van der Waals surface area contributed by atoms with Gasteiger partial charge < -0.3 is 15.0 Å². The highest BCUT2D eigenvalue weighted by molar-refractivity contribution is 6.33. The zero-order valence-electron chi connectivity index (χ0n) is 14.5. The number of halogens is 1. The number of carbonyl (C=O) groups is 2. The van der Waals surface area contributed by atoms with E-state index in [0.717, 1.165) is 6.07 Å². The van der Waals surface area contributed by atoms with E-state index < -0.39 is 22.9 Å². The van der Waals surface area contributed by atoms with Crippen molar-refractivity contribution < 1.29 is 19.2 Å². The Morgan fingerprint density at radius 3 is 2.67 bits per heavy atom. The quantitative estimate of drug-likeness (QED) is 0.430. The number of nitrogens with one attached hydrogen (secondary N) is 1. The summed E-state index contributed by atoms with van der Waals surface area (Å²) in [4.78, 5) is 43.8. The first kappa shape index (κ1) is 20.0. The molecule has 1 heterocycles. The molecule has 1 aromatic carbocycles. The van der Waals surface area contributed by atoms with Crippen LogP contribution in [0.5, 0.6) is 0 Å². The molecular weight excluding hydrogens is 378 g/mol. The third-order valence-electron chi connectivity index (χ3n) is 3.36. The minimum atomic E-state index is -1.14. The predicted octanol–water partition coefficient (Wildman–Crippen LogP) is 2.04. The summed E-state index contributed by atoms with van der Waals surface area (Å²) in [6, 6.07) is 5.26. The summed E-state index contributed by atoms with van der Waals surface area (Å²) in [6.07, 6.45) is 1.92. The maximum Gasteiger partial charge on any atom is 0.326 e. The van der Waals surface area contributed by atoms with E-state index in [9.17, 15) is 19.7 Å². The predicted molar refractivity (Wildman–Crippen MR) is 97.6 cm³/mol. The van der Waals surface area contributed by atoms with Crippen molar-refractivity contribution in [2.75, 3.05) is 23.8 Å². The lowest BCUT2D eigenvalue weighted by Gasteiger charge is -2.18. The molecule has 0 aliphatic rings. The number of carbonyl (C=O) groups excluding carboxylic acids is 2. The Morgan fingerprint density at radius 2 is 2.04 bits per heavy atom. The number of likely N-dealkylation sites (N-methyl/N-ethyl adjacent to an activating group) is 1. The van der Waals surface area contributed by atoms with Gasteiger partial charge in [0.15, 0.2) is 6.10 Å². The molecule has 1 aromatic heterocycles. The molecule has 0 saturated heterocycles. The summed E-state index contributed by atoms with van der Waals surface area (Å²) in [6.45, 7) is 1.21. The topological polar surface area (TPSA) is 128 Å². The number of anilines is 2. The van der Waals surface area contributed by atoms with Crippen molar-refractivity contribution in [3.8, 4) is 0 Å². The molecule has 0 aliphatic heterocycles. The molecule has 1 unspecified atom stereocenters. The smallest absolute Gasteiger partial charge is 0.326 e. The van der Waals surface area contributed by atoms with Gasteiger partial charge in [0.25, 0.3) is 11.6 Å². The molecule has 10 nitrogen and oxygen atoms in total. The van der Waals surface area contributed by atoms with Crippen LogP contribution in [0.3, 0.4) is 0 Å². The summed E-state index contributed by atoms with van der Waals surface area (Å²) in [5, 5.41) is 13.3. The molecule has 0 saturated carbocycles. The number of benzene rings is 1. The largest absolute Gasteiger partial charge is 0.451 e. The second-order valence-corrected chi connectivity index (χ2v) is 5.85. The minimum Gasteiger partial charge on any atom is -0.451 e. The van der Waals surface area contributed by atoms with Gasteiger partial charge in [0.2, 0.25) is 5.95 Å². The number of esters is 1. The fourth-order valence-corrected chi connectivity index (χ4v) is 2.16. The number of nitro groups is 1. The van der Waals surface area contributed by atoms with Crippen LogP contribution in [0.4, 0.5) is 17.3 Å². The number of nitro benzene ring substituents is 1. The van der Waals surface area contributed by atoms with E-state index in [2.05, 4.69) is 15.3 Å². The van der Waals surface area contributed by atoms with Crippen LogP contribution in [0.1, 0.15) is 6.92 Å². The Labute approximate surface area is 159 Å². The lowest BCUT2D eigenvalue weighted by molar-refractivity contribution is -0.384. The number of non-ortho nitro benzene ring substituents is 1. The van der Waals surface area contributed by atoms with Crippen LogP contribution in [0.2, 0.25) is 5.02 Å². The van der Waals surface area contributed by atoms with E-state index in [1.807, 2.05) is 0 Å². The monoisotopic (exact) mass is 393 g/mol. The molecule has 0 radical (unpaired) electrons. The Balaban J connectivity index is 1.94. The average molecular weight is 394 g/mol. The number of ether oxygens (including phenoxy) is 1. The van der Waals surface area contributed by atoms with Gasteiger partial charge in [0.1, 0.15) is 6.54 Å². The van der Waals surface area contributed by atoms with E-state index in [0.29, 0.717) is 5.95 Å². The van der Waals surface area contributed by atoms with Crippen LogP contribution in [0.15, 0.2) is 36.7 Å². The van der Waals surface area contributed by atoms with Gasteiger partial charge in [-0.25, -0.2) is 9.97 Å². The molecule has 1 atom stereocenters. The SMILES string of the molecule is CC(OC(=O)CN(C)c1ncccn1)C(=O)Nc1cc([N+](=O)[O-])ccc1Cl. The van der Waals surface area contributed by atoms with Crippen molar-refractivity contribution in [2.24, 2.45) is 0 Å². The number of hydrogen-bond acceptors (Lipinski definition) is 8. The number of amides is 1. The maximum atomic E-state index is 12.2. The zero-order chi connectivity index (χ0) is 20.0. The van der Waals surface area contributed by atoms with E-state index in [1.54, 1.807) is 13.1 Å². The Morgan fingerprint density at radius 1 is 1.37 bits per heavy atom. The fraction of sp³-hybridized carbons (Fsp3) is 0.250. The van der Waals surface area contributed by atoms with Crippen LogP contribution in [0, 0.1) is 10.1 Å². The van der Waals surface area contributed by atoms with Gasteiger partial charge >= 0.3 is 5.97 Å². The van der Waals surface area contributed by atoms with Gasteiger partial charge in [-0.1, -0.05) is 11.6 Å². The zero-order valence-corrected chi connectivity index (χ0v) is 15.2. The number of nitrogens with zero attached hydrogens (tertiary/aromatic N) is 4. The third-order valence-corrected chi connectivity index (χ3v) is 3.69. The van der Waals surface area contributed by atoms with Gasteiger partial charge in [-0.05, 0) is 19.1 Å². The van der Waals surface area contributed by atoms with Crippen molar-refractivity contribution in [1.82, 2.24) is 9.97 Å². The highest BCUT2D eigenvalue weighted by Gasteiger charge is 2.21. The summed E-state index contributed by atoms with van der Waals surface area (Å²) in [5.74, 6) is -1.02. The average Bonchev–Trinajstić information content (AvgIpc) is 2.63. The van der Waals surface area contributed by atoms with Gasteiger partial charge in [-0.2, -0.15) is 0 Å². The van der Waals surface area contributed by atoms with Crippen molar-refractivity contribution in [3.05, 3.63) is 51.8 Å². The van der Waals surface area contributed by atoms with E-state index >= 15 is 0 Å². The molecule has 142 valence electrons. The first-order valence-corrected chi connectivity index (χ1v) is 8.08. The number of rotatable bonds is 7. The second kappa shape index (κ2) is 8.90. The summed E-state index contributed by atoms with van der Waals surface area (Å²) in [7, 11) is 1.60. The summed E-state index contributed by atoms with van der Waals surface area (Å²) in [5.41, 5.74) is -0.183. The van der Waals surface area contributed by atoms with E-state index in [-0.39, 0.29) is 22.9 Å². The van der Waals surface area contributed by atoms with Gasteiger partial charge in [-0.3, -0.25) is 19.7 Å². The first-order chi connectivity index (χ1) is 12.8. The highest BCUT2D eigenvalue weighted by Crippen LogP contribution is 2.26. The van der Waals surface area contributed by atoms with Gasteiger partial charge in [-0.15, -0.1) is 0 Å². The molecule has 0 fully saturated rings. The van der Waals surface area contributed by atoms with Crippen LogP contribution < -0.4 is 10.2 Å². The first-order valence-electron chi connectivity index (χ1n) is 7.70. The van der Waals surface area contributed by atoms with Crippen molar-refractivity contribution >= 4 is 40.8 Å². The molecule has 2 rings (SSSR count). The van der Waals surface area contributed by atoms with Crippen molar-refractivity contribution in [1.29, 1.82) is 0 Å². The molecule has 11 heteroatoms. The standard InChI is InChI=1S/C16H16ClN5O5/c1-10(27-14(23)9-21(2)16-18-6-3-7-19-16)15(24)20-13-8-11(22(25)26)4-5-12(13)17/h3-8,10H,9H2,1-2H3,(H,20,24). The fourth-order valence-electron chi connectivity index (χ4n) is 2.00. The van der Waals surface area contributed by atoms with Crippen molar-refractivity contribution in [2.45, 2.75) is 13.0 Å². The molecule has 0 aliphatic carbocycles. The molecule has 27 heavy (non-hydrogen) atoms. The lowest BCUT2D eigenvalue weighted by Crippen LogP contribution is -2.35. The summed E-state index contributed by atoms with van der Waals surface area (Å²) >= 11 is 5.93. The van der Waals surface area contributed by atoms with E-state index in [4.69, 9.17) is 16.3 Å².